The molecule has 0 saturated carbocycles. The van der Waals surface area contributed by atoms with Gasteiger partial charge in [-0.15, -0.1) is 0 Å². The van der Waals surface area contributed by atoms with E-state index < -0.39 is 11.7 Å². The Morgan fingerprint density at radius 3 is 2.95 bits per heavy atom. The molecule has 0 bridgehead atoms. The maximum Gasteiger partial charge on any atom is 0.258 e. The van der Waals surface area contributed by atoms with Gasteiger partial charge in [0, 0.05) is 12.2 Å². The molecule has 4 heteroatoms. The van der Waals surface area contributed by atoms with Crippen LogP contribution in [0.1, 0.15) is 27.0 Å². The van der Waals surface area contributed by atoms with Crippen LogP contribution in [0.3, 0.4) is 0 Å². The molecule has 1 heterocycles. The van der Waals surface area contributed by atoms with E-state index in [1.165, 1.54) is 17.7 Å². The first kappa shape index (κ1) is 13.8. The Bertz CT molecular complexity index is 697. The summed E-state index contributed by atoms with van der Waals surface area (Å²) in [6.45, 7) is 3.46. The number of fused-ring (bicyclic) bond motifs is 1. The molecule has 0 radical (unpaired) electrons. The molecule has 0 fully saturated rings. The second kappa shape index (κ2) is 5.66. The first-order valence-corrected chi connectivity index (χ1v) is 7.04. The van der Waals surface area contributed by atoms with Gasteiger partial charge in [0.25, 0.3) is 5.91 Å². The van der Waals surface area contributed by atoms with Crippen LogP contribution in [-0.4, -0.2) is 12.5 Å². The molecule has 3 rings (SSSR count). The first-order valence-electron chi connectivity index (χ1n) is 7.04. The summed E-state index contributed by atoms with van der Waals surface area (Å²) < 4.78 is 13.9. The number of carbonyl (C=O) groups is 1. The van der Waals surface area contributed by atoms with E-state index >= 15 is 0 Å². The van der Waals surface area contributed by atoms with Gasteiger partial charge < -0.3 is 10.6 Å². The van der Waals surface area contributed by atoms with Gasteiger partial charge >= 0.3 is 0 Å². The number of aryl methyl sites for hydroxylation is 1. The minimum Gasteiger partial charge on any atom is -0.322 e. The van der Waals surface area contributed by atoms with E-state index in [0.29, 0.717) is 0 Å². The largest absolute Gasteiger partial charge is 0.322 e. The highest BCUT2D eigenvalue weighted by Crippen LogP contribution is 2.24. The van der Waals surface area contributed by atoms with Gasteiger partial charge in [-0.1, -0.05) is 18.2 Å². The molecule has 0 spiro atoms. The molecule has 2 aromatic rings. The van der Waals surface area contributed by atoms with Crippen molar-refractivity contribution >= 4 is 11.6 Å². The zero-order valence-corrected chi connectivity index (χ0v) is 11.9. The van der Waals surface area contributed by atoms with Crippen LogP contribution in [0.2, 0.25) is 0 Å². The average Bonchev–Trinajstić information content (AvgIpc) is 2.47. The Kier molecular flexibility index (Phi) is 3.71. The normalized spacial score (nSPS) is 13.6. The topological polar surface area (TPSA) is 41.1 Å². The van der Waals surface area contributed by atoms with Gasteiger partial charge in [-0.3, -0.25) is 4.79 Å². The molecule has 1 aliphatic rings. The van der Waals surface area contributed by atoms with Crippen LogP contribution in [-0.2, 0) is 13.0 Å². The van der Waals surface area contributed by atoms with E-state index in [1.54, 1.807) is 13.0 Å². The van der Waals surface area contributed by atoms with Crippen molar-refractivity contribution < 1.29 is 9.18 Å². The molecule has 3 nitrogen and oxygen atoms in total. The molecule has 1 amide bonds. The van der Waals surface area contributed by atoms with Crippen molar-refractivity contribution in [1.29, 1.82) is 0 Å². The molecule has 0 aliphatic carbocycles. The van der Waals surface area contributed by atoms with Gasteiger partial charge in [-0.05, 0) is 54.8 Å². The van der Waals surface area contributed by atoms with Crippen LogP contribution in [0.15, 0.2) is 36.4 Å². The molecule has 1 aliphatic heterocycles. The lowest BCUT2D eigenvalue weighted by Gasteiger charge is -2.20. The number of halogens is 1. The molecule has 2 N–H and O–H groups in total. The van der Waals surface area contributed by atoms with E-state index in [4.69, 9.17) is 0 Å². The Morgan fingerprint density at radius 1 is 1.29 bits per heavy atom. The summed E-state index contributed by atoms with van der Waals surface area (Å²) in [5.41, 5.74) is 3.94. The highest BCUT2D eigenvalue weighted by atomic mass is 19.1. The van der Waals surface area contributed by atoms with Crippen molar-refractivity contribution in [2.75, 3.05) is 11.9 Å². The predicted molar refractivity (Wildman–Crippen MR) is 80.9 cm³/mol. The van der Waals surface area contributed by atoms with Crippen LogP contribution < -0.4 is 10.6 Å². The summed E-state index contributed by atoms with van der Waals surface area (Å²) in [4.78, 5) is 12.3. The number of amides is 1. The Morgan fingerprint density at radius 2 is 2.14 bits per heavy atom. The lowest BCUT2D eigenvalue weighted by molar-refractivity contribution is 0.102. The van der Waals surface area contributed by atoms with Crippen molar-refractivity contribution in [3.8, 4) is 0 Å². The highest BCUT2D eigenvalue weighted by molar-refractivity contribution is 6.05. The molecular formula is C17H17FN2O. The molecule has 0 aromatic heterocycles. The molecule has 108 valence electrons. The number of hydrogen-bond donors (Lipinski definition) is 2. The van der Waals surface area contributed by atoms with Crippen molar-refractivity contribution in [3.63, 3.8) is 0 Å². The predicted octanol–water partition coefficient (Wildman–Crippen LogP) is 3.03. The molecule has 0 saturated heterocycles. The third-order valence-corrected chi connectivity index (χ3v) is 3.76. The van der Waals surface area contributed by atoms with E-state index in [2.05, 4.69) is 16.7 Å². The summed E-state index contributed by atoms with van der Waals surface area (Å²) >= 11 is 0. The third kappa shape index (κ3) is 2.81. The lowest BCUT2D eigenvalue weighted by Crippen LogP contribution is -2.25. The van der Waals surface area contributed by atoms with Crippen LogP contribution in [0.5, 0.6) is 0 Å². The van der Waals surface area contributed by atoms with Crippen molar-refractivity contribution in [2.45, 2.75) is 19.9 Å². The van der Waals surface area contributed by atoms with Gasteiger partial charge in [-0.25, -0.2) is 4.39 Å². The number of benzene rings is 2. The molecule has 0 atom stereocenters. The number of hydrogen-bond acceptors (Lipinski definition) is 2. The maximum absolute atomic E-state index is 13.9. The molecule has 21 heavy (non-hydrogen) atoms. The van der Waals surface area contributed by atoms with Crippen LogP contribution in [0.4, 0.5) is 10.1 Å². The van der Waals surface area contributed by atoms with Gasteiger partial charge in [-0.2, -0.15) is 0 Å². The monoisotopic (exact) mass is 284 g/mol. The van der Waals surface area contributed by atoms with Crippen LogP contribution in [0, 0.1) is 12.7 Å². The Labute approximate surface area is 123 Å². The Balaban J connectivity index is 1.88. The van der Waals surface area contributed by atoms with E-state index in [9.17, 15) is 9.18 Å². The zero-order chi connectivity index (χ0) is 14.8. The summed E-state index contributed by atoms with van der Waals surface area (Å²) in [5.74, 6) is -0.901. The second-order valence-electron chi connectivity index (χ2n) is 5.31. The number of nitrogens with one attached hydrogen (secondary N) is 2. The molecule has 2 aromatic carbocycles. The fraction of sp³-hybridized carbons (Fsp3) is 0.235. The summed E-state index contributed by atoms with van der Waals surface area (Å²) in [6, 6.07) is 10.5. The highest BCUT2D eigenvalue weighted by Gasteiger charge is 2.16. The average molecular weight is 284 g/mol. The van der Waals surface area contributed by atoms with Crippen molar-refractivity contribution in [3.05, 3.63) is 64.5 Å². The number of carbonyl (C=O) groups excluding carboxylic acids is 1. The fourth-order valence-corrected chi connectivity index (χ4v) is 2.63. The van der Waals surface area contributed by atoms with Crippen molar-refractivity contribution in [2.24, 2.45) is 0 Å². The number of rotatable bonds is 2. The van der Waals surface area contributed by atoms with Crippen molar-refractivity contribution in [1.82, 2.24) is 5.32 Å². The van der Waals surface area contributed by atoms with Gasteiger partial charge in [0.05, 0.1) is 5.56 Å². The summed E-state index contributed by atoms with van der Waals surface area (Å²) in [7, 11) is 0. The Hall–Kier alpha value is -2.20. The van der Waals surface area contributed by atoms with Crippen LogP contribution >= 0.6 is 0 Å². The maximum atomic E-state index is 13.9. The van der Waals surface area contributed by atoms with Gasteiger partial charge in [0.2, 0.25) is 0 Å². The standard InChI is InChI=1S/C17H17FN2O/c1-11-5-6-13(15(18)9-11)17(21)20-16-4-2-3-12-7-8-19-10-14(12)16/h2-6,9,19H,7-8,10H2,1H3,(H,20,21). The number of anilines is 1. The fourth-order valence-electron chi connectivity index (χ4n) is 2.63. The van der Waals surface area contributed by atoms with Crippen LogP contribution in [0.25, 0.3) is 0 Å². The summed E-state index contributed by atoms with van der Waals surface area (Å²) in [5, 5.41) is 6.12. The van der Waals surface area contributed by atoms with Gasteiger partial charge in [0.1, 0.15) is 5.82 Å². The SMILES string of the molecule is Cc1ccc(C(=O)Nc2cccc3c2CNCC3)c(F)c1. The third-order valence-electron chi connectivity index (χ3n) is 3.76. The summed E-state index contributed by atoms with van der Waals surface area (Å²) in [6.07, 6.45) is 0.942. The molecule has 0 unspecified atom stereocenters. The second-order valence-corrected chi connectivity index (χ2v) is 5.31. The van der Waals surface area contributed by atoms with Gasteiger partial charge in [0.15, 0.2) is 0 Å². The zero-order valence-electron chi connectivity index (χ0n) is 11.9. The van der Waals surface area contributed by atoms with E-state index in [-0.39, 0.29) is 5.56 Å². The first-order chi connectivity index (χ1) is 10.1. The van der Waals surface area contributed by atoms with E-state index in [1.807, 2.05) is 12.1 Å². The van der Waals surface area contributed by atoms with E-state index in [0.717, 1.165) is 36.3 Å². The molecular weight excluding hydrogens is 267 g/mol. The minimum absolute atomic E-state index is 0.0713. The minimum atomic E-state index is -0.490. The lowest BCUT2D eigenvalue weighted by atomic mass is 9.99. The smallest absolute Gasteiger partial charge is 0.258 e. The quantitative estimate of drug-likeness (QED) is 0.890.